The number of benzene rings is 2. The first-order valence-electron chi connectivity index (χ1n) is 9.61. The molecule has 7 N–H and O–H groups in total. The molecule has 10 nitrogen and oxygen atoms in total. The number of ketones is 1. The van der Waals surface area contributed by atoms with Crippen molar-refractivity contribution in [3.8, 4) is 23.0 Å². The lowest BCUT2D eigenvalue weighted by molar-refractivity contribution is -0.232. The topological polar surface area (TPSA) is 177 Å². The maximum absolute atomic E-state index is 12.8. The maximum Gasteiger partial charge on any atom is 0.174 e. The molecule has 31 heavy (non-hydrogen) atoms. The van der Waals surface area contributed by atoms with Crippen LogP contribution in [0.15, 0.2) is 30.3 Å². The molecule has 0 saturated carbocycles. The summed E-state index contributed by atoms with van der Waals surface area (Å²) < 4.78 is 11.5. The van der Waals surface area contributed by atoms with Gasteiger partial charge >= 0.3 is 0 Å². The van der Waals surface area contributed by atoms with E-state index in [2.05, 4.69) is 0 Å². The van der Waals surface area contributed by atoms with Crippen molar-refractivity contribution in [2.45, 2.75) is 43.0 Å². The van der Waals surface area contributed by atoms with E-state index in [0.29, 0.717) is 5.56 Å². The number of hydrogen-bond donors (Lipinski definition) is 7. The van der Waals surface area contributed by atoms with Crippen LogP contribution < -0.4 is 4.74 Å². The molecule has 0 spiro atoms. The van der Waals surface area contributed by atoms with E-state index in [0.717, 1.165) is 6.07 Å². The Morgan fingerprint density at radius 3 is 2.26 bits per heavy atom. The van der Waals surface area contributed by atoms with Crippen molar-refractivity contribution in [2.24, 2.45) is 0 Å². The van der Waals surface area contributed by atoms with Gasteiger partial charge in [-0.05, 0) is 17.7 Å². The molecule has 0 aromatic heterocycles. The van der Waals surface area contributed by atoms with Crippen LogP contribution in [0.1, 0.15) is 40.1 Å². The molecule has 2 aromatic carbocycles. The van der Waals surface area contributed by atoms with Gasteiger partial charge in [-0.15, -0.1) is 0 Å². The molecule has 0 aliphatic carbocycles. The van der Waals surface area contributed by atoms with E-state index in [1.807, 2.05) is 0 Å². The summed E-state index contributed by atoms with van der Waals surface area (Å²) in [5, 5.41) is 70.4. The predicted molar refractivity (Wildman–Crippen MR) is 103 cm³/mol. The molecule has 0 radical (unpaired) electrons. The second-order valence-corrected chi connectivity index (χ2v) is 7.61. The minimum atomic E-state index is -1.73. The third-order valence-corrected chi connectivity index (χ3v) is 5.63. The van der Waals surface area contributed by atoms with E-state index in [1.165, 1.54) is 12.1 Å². The Morgan fingerprint density at radius 2 is 1.61 bits per heavy atom. The minimum Gasteiger partial charge on any atom is -0.508 e. The summed E-state index contributed by atoms with van der Waals surface area (Å²) in [7, 11) is 0. The molecule has 1 saturated heterocycles. The average Bonchev–Trinajstić information content (AvgIpc) is 2.73. The Morgan fingerprint density at radius 1 is 0.935 bits per heavy atom. The molecule has 0 bridgehead atoms. The average molecular weight is 434 g/mol. The van der Waals surface area contributed by atoms with Gasteiger partial charge in [-0.25, -0.2) is 0 Å². The zero-order valence-electron chi connectivity index (χ0n) is 16.1. The molecule has 2 aromatic rings. The number of aliphatic hydroxyl groups is 4. The fourth-order valence-electron chi connectivity index (χ4n) is 3.98. The predicted octanol–water partition coefficient (Wildman–Crippen LogP) is 0.0248. The molecule has 6 atom stereocenters. The van der Waals surface area contributed by atoms with Gasteiger partial charge in [0.15, 0.2) is 5.78 Å². The van der Waals surface area contributed by atoms with Crippen LogP contribution >= 0.6 is 0 Å². The zero-order valence-corrected chi connectivity index (χ0v) is 16.1. The summed E-state index contributed by atoms with van der Waals surface area (Å²) in [6.07, 6.45) is -8.75. The van der Waals surface area contributed by atoms with Crippen LogP contribution in [0.3, 0.4) is 0 Å². The SMILES string of the molecule is O=C1C[C@H](c2ccc(O)cc2)Oc2c1c(O)cc(O)c2[C@@H]1O[C@H](CO)[C@@H](O)[C@H](O)[C@H]1O. The lowest BCUT2D eigenvalue weighted by Crippen LogP contribution is -2.55. The monoisotopic (exact) mass is 434 g/mol. The lowest BCUT2D eigenvalue weighted by atomic mass is 9.87. The van der Waals surface area contributed by atoms with Gasteiger partial charge in [-0.2, -0.15) is 0 Å². The quantitative estimate of drug-likeness (QED) is 0.348. The standard InChI is InChI=1S/C21H22O10/c22-7-14-17(27)18(28)19(29)21(31-14)16-11(25)5-10(24)15-12(26)6-13(30-20(15)16)8-1-3-9(23)4-2-8/h1-5,13-14,17-19,21-25,27-29H,6-7H2/t13-,14-,17-,18+,19-,21+/m1/s1. The second kappa shape index (κ2) is 7.98. The molecule has 0 amide bonds. The van der Waals surface area contributed by atoms with Gasteiger partial charge in [-0.3, -0.25) is 4.79 Å². The van der Waals surface area contributed by atoms with E-state index in [-0.39, 0.29) is 29.0 Å². The highest BCUT2D eigenvalue weighted by molar-refractivity contribution is 6.03. The Balaban J connectivity index is 1.81. The van der Waals surface area contributed by atoms with Crippen molar-refractivity contribution in [2.75, 3.05) is 6.61 Å². The smallest absolute Gasteiger partial charge is 0.174 e. The third kappa shape index (κ3) is 3.58. The summed E-state index contributed by atoms with van der Waals surface area (Å²) in [5.74, 6) is -1.82. The van der Waals surface area contributed by atoms with Crippen LogP contribution in [0.5, 0.6) is 23.0 Å². The van der Waals surface area contributed by atoms with Gasteiger partial charge in [0.25, 0.3) is 0 Å². The highest BCUT2D eigenvalue weighted by atomic mass is 16.5. The molecule has 166 valence electrons. The number of phenols is 3. The van der Waals surface area contributed by atoms with E-state index < -0.39 is 60.5 Å². The summed E-state index contributed by atoms with van der Waals surface area (Å²) in [5.41, 5.74) is 0.112. The highest BCUT2D eigenvalue weighted by Gasteiger charge is 2.47. The van der Waals surface area contributed by atoms with Gasteiger partial charge in [0, 0.05) is 6.07 Å². The fraction of sp³-hybridized carbons (Fsp3) is 0.381. The number of aliphatic hydroxyl groups excluding tert-OH is 4. The number of aromatic hydroxyl groups is 3. The third-order valence-electron chi connectivity index (χ3n) is 5.63. The van der Waals surface area contributed by atoms with Gasteiger partial charge in [-0.1, -0.05) is 12.1 Å². The first-order valence-corrected chi connectivity index (χ1v) is 9.61. The first kappa shape index (κ1) is 21.3. The molecule has 4 rings (SSSR count). The Kier molecular flexibility index (Phi) is 5.50. The summed E-state index contributed by atoms with van der Waals surface area (Å²) in [6, 6.07) is 6.83. The molecule has 0 unspecified atom stereocenters. The summed E-state index contributed by atoms with van der Waals surface area (Å²) in [6.45, 7) is -0.682. The van der Waals surface area contributed by atoms with Crippen LogP contribution in [0, 0.1) is 0 Å². The molecule has 2 aliphatic heterocycles. The van der Waals surface area contributed by atoms with Crippen LogP contribution in [0.25, 0.3) is 0 Å². The Bertz CT molecular complexity index is 987. The van der Waals surface area contributed by atoms with Gasteiger partial charge in [0.2, 0.25) is 0 Å². The van der Waals surface area contributed by atoms with Crippen molar-refractivity contribution in [3.63, 3.8) is 0 Å². The van der Waals surface area contributed by atoms with Crippen molar-refractivity contribution >= 4 is 5.78 Å². The molecule has 1 fully saturated rings. The van der Waals surface area contributed by atoms with Gasteiger partial charge in [0.05, 0.1) is 18.6 Å². The molecule has 2 heterocycles. The number of Topliss-reactive ketones (excluding diaryl/α,β-unsaturated/α-hetero) is 1. The van der Waals surface area contributed by atoms with Crippen LogP contribution in [0.4, 0.5) is 0 Å². The minimum absolute atomic E-state index is 0.0172. The number of hydrogen-bond acceptors (Lipinski definition) is 10. The number of fused-ring (bicyclic) bond motifs is 1. The largest absolute Gasteiger partial charge is 0.508 e. The number of rotatable bonds is 3. The maximum atomic E-state index is 12.8. The molecular formula is C21H22O10. The van der Waals surface area contributed by atoms with E-state index in [1.54, 1.807) is 12.1 Å². The second-order valence-electron chi connectivity index (χ2n) is 7.61. The Labute approximate surface area is 176 Å². The number of phenolic OH excluding ortho intramolecular Hbond substituents is 3. The van der Waals surface area contributed by atoms with E-state index in [9.17, 15) is 40.5 Å². The zero-order chi connectivity index (χ0) is 22.4. The van der Waals surface area contributed by atoms with Crippen molar-refractivity contribution < 1.29 is 50.0 Å². The van der Waals surface area contributed by atoms with Gasteiger partial charge in [0.1, 0.15) is 65.2 Å². The molecule has 2 aliphatic rings. The molecular weight excluding hydrogens is 412 g/mol. The number of carbonyl (C=O) groups is 1. The van der Waals surface area contributed by atoms with Crippen molar-refractivity contribution in [1.29, 1.82) is 0 Å². The molecule has 10 heteroatoms. The van der Waals surface area contributed by atoms with Gasteiger partial charge < -0.3 is 45.2 Å². The van der Waals surface area contributed by atoms with Crippen LogP contribution in [0.2, 0.25) is 0 Å². The highest BCUT2D eigenvalue weighted by Crippen LogP contribution is 2.50. The van der Waals surface area contributed by atoms with Crippen molar-refractivity contribution in [3.05, 3.63) is 47.0 Å². The van der Waals surface area contributed by atoms with E-state index >= 15 is 0 Å². The summed E-state index contributed by atoms with van der Waals surface area (Å²) in [4.78, 5) is 12.8. The Hall–Kier alpha value is -2.89. The normalized spacial score (nSPS) is 30.5. The lowest BCUT2D eigenvalue weighted by Gasteiger charge is -2.41. The van der Waals surface area contributed by atoms with Crippen molar-refractivity contribution in [1.82, 2.24) is 0 Å². The number of carbonyl (C=O) groups excluding carboxylic acids is 1. The van der Waals surface area contributed by atoms with Crippen LogP contribution in [-0.4, -0.2) is 72.6 Å². The number of ether oxygens (including phenoxy) is 2. The summed E-state index contributed by atoms with van der Waals surface area (Å²) >= 11 is 0. The van der Waals surface area contributed by atoms with Crippen LogP contribution in [-0.2, 0) is 4.74 Å². The van der Waals surface area contributed by atoms with E-state index in [4.69, 9.17) is 9.47 Å². The first-order chi connectivity index (χ1) is 14.7. The fourth-order valence-corrected chi connectivity index (χ4v) is 3.98.